The van der Waals surface area contributed by atoms with Gasteiger partial charge in [-0.3, -0.25) is 9.47 Å². The summed E-state index contributed by atoms with van der Waals surface area (Å²) in [5.41, 5.74) is 1.09. The van der Waals surface area contributed by atoms with Crippen LogP contribution >= 0.6 is 34.5 Å². The Morgan fingerprint density at radius 1 is 1.07 bits per heavy atom. The van der Waals surface area contributed by atoms with E-state index in [9.17, 15) is 13.2 Å². The topological polar surface area (TPSA) is 75.8 Å². The van der Waals surface area contributed by atoms with Gasteiger partial charge in [-0.25, -0.2) is 13.2 Å². The van der Waals surface area contributed by atoms with E-state index in [2.05, 4.69) is 0 Å². The largest absolute Gasteiger partial charge is 0.421 e. The van der Waals surface area contributed by atoms with Gasteiger partial charge in [0.25, 0.3) is 10.0 Å². The maximum Gasteiger partial charge on any atom is 0.421 e. The van der Waals surface area contributed by atoms with E-state index in [1.807, 2.05) is 4.90 Å². The van der Waals surface area contributed by atoms with Crippen molar-refractivity contribution >= 4 is 55.7 Å². The lowest BCUT2D eigenvalue weighted by Gasteiger charge is -2.33. The molecule has 1 saturated heterocycles. The van der Waals surface area contributed by atoms with E-state index in [1.54, 1.807) is 24.3 Å². The Hall–Kier alpha value is -1.36. The maximum absolute atomic E-state index is 12.7. The second kappa shape index (κ2) is 7.23. The zero-order valence-corrected chi connectivity index (χ0v) is 17.1. The molecule has 3 aromatic rings. The molecule has 27 heavy (non-hydrogen) atoms. The smallest absolute Gasteiger partial charge is 0.408 e. The van der Waals surface area contributed by atoms with E-state index in [0.717, 1.165) is 11.3 Å². The van der Waals surface area contributed by atoms with Crippen molar-refractivity contribution in [3.05, 3.63) is 50.2 Å². The van der Waals surface area contributed by atoms with Gasteiger partial charge >= 0.3 is 5.76 Å². The van der Waals surface area contributed by atoms with E-state index >= 15 is 0 Å². The zero-order valence-electron chi connectivity index (χ0n) is 14.0. The lowest BCUT2D eigenvalue weighted by atomic mass is 10.3. The number of thiophene rings is 1. The van der Waals surface area contributed by atoms with Crippen LogP contribution in [0.3, 0.4) is 0 Å². The van der Waals surface area contributed by atoms with Crippen LogP contribution in [0.25, 0.3) is 11.1 Å². The Morgan fingerprint density at radius 2 is 1.81 bits per heavy atom. The summed E-state index contributed by atoms with van der Waals surface area (Å²) >= 11 is 12.8. The second-order valence-electron chi connectivity index (χ2n) is 6.13. The number of halogens is 2. The molecule has 0 unspecified atom stereocenters. The Kier molecular flexibility index (Phi) is 5.08. The lowest BCUT2D eigenvalue weighted by Crippen LogP contribution is -2.49. The van der Waals surface area contributed by atoms with Crippen molar-refractivity contribution in [1.82, 2.24) is 13.8 Å². The van der Waals surface area contributed by atoms with Crippen LogP contribution in [-0.2, 0) is 16.7 Å². The van der Waals surface area contributed by atoms with Crippen molar-refractivity contribution in [3.8, 4) is 0 Å². The van der Waals surface area contributed by atoms with E-state index < -0.39 is 15.8 Å². The summed E-state index contributed by atoms with van der Waals surface area (Å²) in [4.78, 5) is 14.2. The molecule has 0 atom stereocenters. The molecular formula is C16H15Cl2N3O4S2. The average Bonchev–Trinajstić information content (AvgIpc) is 3.19. The highest BCUT2D eigenvalue weighted by Crippen LogP contribution is 2.28. The predicted molar refractivity (Wildman–Crippen MR) is 105 cm³/mol. The minimum atomic E-state index is -3.54. The normalized spacial score (nSPS) is 17.0. The fourth-order valence-electron chi connectivity index (χ4n) is 3.05. The molecule has 0 N–H and O–H groups in total. The minimum absolute atomic E-state index is 0.245. The van der Waals surface area contributed by atoms with Crippen molar-refractivity contribution < 1.29 is 12.8 Å². The molecule has 0 saturated carbocycles. The molecule has 11 heteroatoms. The molecule has 0 radical (unpaired) electrons. The van der Waals surface area contributed by atoms with E-state index in [4.69, 9.17) is 27.6 Å². The standard InChI is InChI=1S/C16H15Cl2N3O4S2/c17-11-1-2-12-13(9-11)25-16(22)21(12)10-19-5-7-20(8-6-19)27(23,24)15-4-3-14(18)26-15/h1-4,9H,5-8,10H2. The second-order valence-corrected chi connectivity index (χ2v) is 10.4. The van der Waals surface area contributed by atoms with Gasteiger partial charge < -0.3 is 4.42 Å². The number of sulfonamides is 1. The van der Waals surface area contributed by atoms with Crippen LogP contribution < -0.4 is 5.76 Å². The molecule has 1 aromatic carbocycles. The van der Waals surface area contributed by atoms with Crippen molar-refractivity contribution in [2.45, 2.75) is 10.9 Å². The molecule has 3 heterocycles. The summed E-state index contributed by atoms with van der Waals surface area (Å²) in [6.45, 7) is 2.02. The zero-order chi connectivity index (χ0) is 19.2. The van der Waals surface area contributed by atoms with Crippen LogP contribution in [-0.4, -0.2) is 48.4 Å². The van der Waals surface area contributed by atoms with Gasteiger partial charge in [0, 0.05) is 37.3 Å². The van der Waals surface area contributed by atoms with Gasteiger partial charge in [-0.05, 0) is 24.3 Å². The molecule has 1 aliphatic rings. The fraction of sp³-hybridized carbons (Fsp3) is 0.312. The van der Waals surface area contributed by atoms with Gasteiger partial charge in [-0.1, -0.05) is 23.2 Å². The summed E-state index contributed by atoms with van der Waals surface area (Å²) in [5, 5.41) is 0.496. The van der Waals surface area contributed by atoms with Crippen LogP contribution in [0.2, 0.25) is 9.36 Å². The molecule has 0 spiro atoms. The highest BCUT2D eigenvalue weighted by molar-refractivity contribution is 7.91. The Bertz CT molecular complexity index is 1140. The van der Waals surface area contributed by atoms with Crippen molar-refractivity contribution in [2.75, 3.05) is 26.2 Å². The molecule has 0 bridgehead atoms. The number of fused-ring (bicyclic) bond motifs is 1. The SMILES string of the molecule is O=c1oc2cc(Cl)ccc2n1CN1CCN(S(=O)(=O)c2ccc(Cl)s2)CC1. The van der Waals surface area contributed by atoms with Crippen molar-refractivity contribution in [2.24, 2.45) is 0 Å². The molecular weight excluding hydrogens is 433 g/mol. The third-order valence-corrected chi connectivity index (χ3v) is 8.28. The number of hydrogen-bond acceptors (Lipinski definition) is 6. The Morgan fingerprint density at radius 3 is 2.48 bits per heavy atom. The summed E-state index contributed by atoms with van der Waals surface area (Å²) in [6.07, 6.45) is 0. The van der Waals surface area contributed by atoms with Gasteiger partial charge in [0.05, 0.1) is 16.5 Å². The van der Waals surface area contributed by atoms with Gasteiger partial charge in [-0.15, -0.1) is 11.3 Å². The molecule has 0 amide bonds. The Balaban J connectivity index is 1.47. The number of benzene rings is 1. The molecule has 7 nitrogen and oxygen atoms in total. The summed E-state index contributed by atoms with van der Waals surface area (Å²) in [6, 6.07) is 8.15. The van der Waals surface area contributed by atoms with Crippen LogP contribution in [0.5, 0.6) is 0 Å². The fourth-order valence-corrected chi connectivity index (χ4v) is 6.27. The third kappa shape index (κ3) is 3.67. The van der Waals surface area contributed by atoms with Crippen LogP contribution in [0.15, 0.2) is 43.8 Å². The first kappa shape index (κ1) is 19.0. The Labute approximate surface area is 169 Å². The first-order valence-corrected chi connectivity index (χ1v) is 11.1. The maximum atomic E-state index is 12.7. The molecule has 2 aromatic heterocycles. The van der Waals surface area contributed by atoms with Crippen molar-refractivity contribution in [3.63, 3.8) is 0 Å². The number of aromatic nitrogens is 1. The number of nitrogens with zero attached hydrogens (tertiary/aromatic N) is 3. The van der Waals surface area contributed by atoms with Crippen LogP contribution in [0.4, 0.5) is 0 Å². The van der Waals surface area contributed by atoms with Crippen molar-refractivity contribution in [1.29, 1.82) is 0 Å². The minimum Gasteiger partial charge on any atom is -0.408 e. The third-order valence-electron chi connectivity index (χ3n) is 4.45. The van der Waals surface area contributed by atoms with E-state index in [1.165, 1.54) is 14.9 Å². The number of hydrogen-bond donors (Lipinski definition) is 0. The van der Waals surface area contributed by atoms with Crippen LogP contribution in [0.1, 0.15) is 0 Å². The first-order valence-electron chi connectivity index (χ1n) is 8.11. The number of piperazine rings is 1. The summed E-state index contributed by atoms with van der Waals surface area (Å²) in [7, 11) is -3.54. The molecule has 144 valence electrons. The summed E-state index contributed by atoms with van der Waals surface area (Å²) < 4.78 is 34.2. The van der Waals surface area contributed by atoms with Gasteiger partial charge in [-0.2, -0.15) is 4.31 Å². The predicted octanol–water partition coefficient (Wildman–Crippen LogP) is 2.93. The highest BCUT2D eigenvalue weighted by atomic mass is 35.5. The number of rotatable bonds is 4. The molecule has 1 aliphatic heterocycles. The lowest BCUT2D eigenvalue weighted by molar-refractivity contribution is 0.150. The van der Waals surface area contributed by atoms with Gasteiger partial charge in [0.15, 0.2) is 5.58 Å². The quantitative estimate of drug-likeness (QED) is 0.614. The summed E-state index contributed by atoms with van der Waals surface area (Å²) in [5.74, 6) is -0.462. The van der Waals surface area contributed by atoms with E-state index in [0.29, 0.717) is 53.3 Å². The van der Waals surface area contributed by atoms with E-state index in [-0.39, 0.29) is 4.21 Å². The first-order chi connectivity index (χ1) is 12.8. The van der Waals surface area contributed by atoms with Crippen LogP contribution in [0, 0.1) is 0 Å². The average molecular weight is 448 g/mol. The molecule has 4 rings (SSSR count). The van der Waals surface area contributed by atoms with Gasteiger partial charge in [0.1, 0.15) is 4.21 Å². The van der Waals surface area contributed by atoms with Gasteiger partial charge in [0.2, 0.25) is 0 Å². The number of oxazole rings is 1. The molecule has 1 fully saturated rings. The molecule has 0 aliphatic carbocycles. The monoisotopic (exact) mass is 447 g/mol. The highest BCUT2D eigenvalue weighted by Gasteiger charge is 2.30.